The van der Waals surface area contributed by atoms with E-state index in [4.69, 9.17) is 5.11 Å². The Labute approximate surface area is 70.4 Å². The first kappa shape index (κ1) is 8.99. The van der Waals surface area contributed by atoms with E-state index < -0.39 is 0 Å². The first-order valence-corrected chi connectivity index (χ1v) is 3.86. The van der Waals surface area contributed by atoms with Crippen LogP contribution in [0.3, 0.4) is 0 Å². The van der Waals surface area contributed by atoms with Crippen LogP contribution in [0.4, 0.5) is 4.79 Å². The molecule has 68 valence electrons. The molecule has 0 aromatic heterocycles. The van der Waals surface area contributed by atoms with Crippen LogP contribution in [0.2, 0.25) is 0 Å². The smallest absolute Gasteiger partial charge is 0.324 e. The maximum absolute atomic E-state index is 11.0. The van der Waals surface area contributed by atoms with Crippen molar-refractivity contribution in [2.24, 2.45) is 0 Å². The van der Waals surface area contributed by atoms with Gasteiger partial charge in [0.25, 0.3) is 0 Å². The highest BCUT2D eigenvalue weighted by molar-refractivity contribution is 6.02. The third kappa shape index (κ3) is 1.73. The van der Waals surface area contributed by atoms with Crippen molar-refractivity contribution >= 4 is 11.9 Å². The predicted molar refractivity (Wildman–Crippen MR) is 41.4 cm³/mol. The SMILES string of the molecule is CC(CCO)N1CC(=O)NC1=O. The van der Waals surface area contributed by atoms with Gasteiger partial charge in [0.15, 0.2) is 0 Å². The minimum absolute atomic E-state index is 0.0269. The Kier molecular flexibility index (Phi) is 2.65. The van der Waals surface area contributed by atoms with Crippen LogP contribution >= 0.6 is 0 Å². The first-order valence-electron chi connectivity index (χ1n) is 3.86. The second kappa shape index (κ2) is 3.53. The number of rotatable bonds is 3. The summed E-state index contributed by atoms with van der Waals surface area (Å²) in [5.41, 5.74) is 0. The molecule has 12 heavy (non-hydrogen) atoms. The van der Waals surface area contributed by atoms with E-state index in [-0.39, 0.29) is 31.1 Å². The molecule has 1 fully saturated rings. The molecule has 0 radical (unpaired) electrons. The molecule has 1 unspecified atom stereocenters. The summed E-state index contributed by atoms with van der Waals surface area (Å²) < 4.78 is 0. The molecule has 3 amide bonds. The van der Waals surface area contributed by atoms with Crippen molar-refractivity contribution in [2.45, 2.75) is 19.4 Å². The fraction of sp³-hybridized carbons (Fsp3) is 0.714. The quantitative estimate of drug-likeness (QED) is 0.553. The number of amides is 3. The van der Waals surface area contributed by atoms with Crippen molar-refractivity contribution in [3.05, 3.63) is 0 Å². The molecule has 2 N–H and O–H groups in total. The molecule has 1 atom stereocenters. The highest BCUT2D eigenvalue weighted by Gasteiger charge is 2.29. The average molecular weight is 172 g/mol. The standard InChI is InChI=1S/C7H12N2O3/c1-5(2-3-10)9-4-6(11)8-7(9)12/h5,10H,2-4H2,1H3,(H,8,11,12). The molecule has 1 aliphatic heterocycles. The molecule has 1 saturated heterocycles. The van der Waals surface area contributed by atoms with E-state index in [0.29, 0.717) is 6.42 Å². The second-order valence-corrected chi connectivity index (χ2v) is 2.84. The van der Waals surface area contributed by atoms with Crippen molar-refractivity contribution in [1.29, 1.82) is 0 Å². The molecule has 5 nitrogen and oxygen atoms in total. The van der Waals surface area contributed by atoms with Crippen LogP contribution in [-0.4, -0.2) is 41.1 Å². The number of hydrogen-bond donors (Lipinski definition) is 2. The number of hydrogen-bond acceptors (Lipinski definition) is 3. The number of urea groups is 1. The van der Waals surface area contributed by atoms with Crippen LogP contribution in [0, 0.1) is 0 Å². The van der Waals surface area contributed by atoms with Gasteiger partial charge in [0.1, 0.15) is 6.54 Å². The summed E-state index contributed by atoms with van der Waals surface area (Å²) in [6, 6.07) is -0.442. The number of imide groups is 1. The number of nitrogens with one attached hydrogen (secondary N) is 1. The Bertz CT molecular complexity index is 205. The number of aliphatic hydroxyl groups is 1. The lowest BCUT2D eigenvalue weighted by atomic mass is 10.2. The molecule has 0 aliphatic carbocycles. The van der Waals surface area contributed by atoms with Crippen molar-refractivity contribution in [3.63, 3.8) is 0 Å². The summed E-state index contributed by atoms with van der Waals surface area (Å²) in [6.45, 7) is 1.94. The molecular formula is C7H12N2O3. The van der Waals surface area contributed by atoms with E-state index in [1.54, 1.807) is 6.92 Å². The van der Waals surface area contributed by atoms with Crippen LogP contribution in [-0.2, 0) is 4.79 Å². The molecule has 0 bridgehead atoms. The summed E-state index contributed by atoms with van der Waals surface area (Å²) in [6.07, 6.45) is 0.501. The van der Waals surface area contributed by atoms with Gasteiger partial charge < -0.3 is 10.0 Å². The number of aliphatic hydroxyl groups excluding tert-OH is 1. The van der Waals surface area contributed by atoms with Gasteiger partial charge in [-0.15, -0.1) is 0 Å². The zero-order chi connectivity index (χ0) is 9.14. The monoisotopic (exact) mass is 172 g/mol. The van der Waals surface area contributed by atoms with Gasteiger partial charge >= 0.3 is 6.03 Å². The topological polar surface area (TPSA) is 69.6 Å². The number of nitrogens with zero attached hydrogens (tertiary/aromatic N) is 1. The zero-order valence-electron chi connectivity index (χ0n) is 6.91. The lowest BCUT2D eigenvalue weighted by molar-refractivity contribution is -0.118. The van der Waals surface area contributed by atoms with Crippen molar-refractivity contribution < 1.29 is 14.7 Å². The lowest BCUT2D eigenvalue weighted by Gasteiger charge is -2.20. The minimum Gasteiger partial charge on any atom is -0.396 e. The highest BCUT2D eigenvalue weighted by Crippen LogP contribution is 2.07. The van der Waals surface area contributed by atoms with Gasteiger partial charge in [0, 0.05) is 12.6 Å². The van der Waals surface area contributed by atoms with Gasteiger partial charge in [-0.25, -0.2) is 4.79 Å². The van der Waals surface area contributed by atoms with E-state index >= 15 is 0 Å². The Balaban J connectivity index is 2.51. The van der Waals surface area contributed by atoms with Gasteiger partial charge in [-0.05, 0) is 13.3 Å². The van der Waals surface area contributed by atoms with Gasteiger partial charge in [-0.1, -0.05) is 0 Å². The third-order valence-electron chi connectivity index (χ3n) is 1.90. The molecule has 1 aliphatic rings. The molecule has 0 aromatic carbocycles. The van der Waals surface area contributed by atoms with Gasteiger partial charge in [-0.2, -0.15) is 0 Å². The summed E-state index contributed by atoms with van der Waals surface area (Å²) in [7, 11) is 0. The van der Waals surface area contributed by atoms with E-state index in [9.17, 15) is 9.59 Å². The molecule has 1 heterocycles. The van der Waals surface area contributed by atoms with Crippen LogP contribution in [0.15, 0.2) is 0 Å². The maximum Gasteiger partial charge on any atom is 0.324 e. The molecular weight excluding hydrogens is 160 g/mol. The normalized spacial score (nSPS) is 19.7. The van der Waals surface area contributed by atoms with Crippen LogP contribution in [0.25, 0.3) is 0 Å². The van der Waals surface area contributed by atoms with Gasteiger partial charge in [0.05, 0.1) is 0 Å². The Hall–Kier alpha value is -1.10. The Morgan fingerprint density at radius 3 is 2.75 bits per heavy atom. The van der Waals surface area contributed by atoms with Crippen LogP contribution in [0.1, 0.15) is 13.3 Å². The van der Waals surface area contributed by atoms with E-state index in [1.165, 1.54) is 4.90 Å². The van der Waals surface area contributed by atoms with Crippen LogP contribution < -0.4 is 5.32 Å². The van der Waals surface area contributed by atoms with Crippen LogP contribution in [0.5, 0.6) is 0 Å². The van der Waals surface area contributed by atoms with Crippen molar-refractivity contribution in [1.82, 2.24) is 10.2 Å². The Morgan fingerprint density at radius 2 is 2.33 bits per heavy atom. The van der Waals surface area contributed by atoms with E-state index in [1.807, 2.05) is 0 Å². The van der Waals surface area contributed by atoms with E-state index in [2.05, 4.69) is 5.32 Å². The van der Waals surface area contributed by atoms with Gasteiger partial charge in [0.2, 0.25) is 5.91 Å². The summed E-state index contributed by atoms with van der Waals surface area (Å²) in [4.78, 5) is 23.2. The third-order valence-corrected chi connectivity index (χ3v) is 1.90. The molecule has 5 heteroatoms. The average Bonchev–Trinajstić information content (AvgIpc) is 2.30. The van der Waals surface area contributed by atoms with E-state index in [0.717, 1.165) is 0 Å². The highest BCUT2D eigenvalue weighted by atomic mass is 16.3. The van der Waals surface area contributed by atoms with Crippen molar-refractivity contribution in [3.8, 4) is 0 Å². The zero-order valence-corrected chi connectivity index (χ0v) is 6.91. The molecule has 1 rings (SSSR count). The second-order valence-electron chi connectivity index (χ2n) is 2.84. The number of carbonyl (C=O) groups is 2. The maximum atomic E-state index is 11.0. The largest absolute Gasteiger partial charge is 0.396 e. The summed E-state index contributed by atoms with van der Waals surface area (Å²) >= 11 is 0. The summed E-state index contributed by atoms with van der Waals surface area (Å²) in [5.74, 6) is -0.273. The molecule has 0 aromatic rings. The fourth-order valence-corrected chi connectivity index (χ4v) is 1.16. The predicted octanol–water partition coefficient (Wildman–Crippen LogP) is -0.691. The molecule has 0 saturated carbocycles. The fourth-order valence-electron chi connectivity index (χ4n) is 1.16. The summed E-state index contributed by atoms with van der Waals surface area (Å²) in [5, 5.41) is 10.8. The van der Waals surface area contributed by atoms with Gasteiger partial charge in [-0.3, -0.25) is 10.1 Å². The van der Waals surface area contributed by atoms with Crippen molar-refractivity contribution in [2.75, 3.05) is 13.2 Å². The molecule has 0 spiro atoms. The first-order chi connectivity index (χ1) is 5.65. The number of carbonyl (C=O) groups excluding carboxylic acids is 2. The lowest BCUT2D eigenvalue weighted by Crippen LogP contribution is -2.36. The Morgan fingerprint density at radius 1 is 1.67 bits per heavy atom. The minimum atomic E-state index is -0.360.